The van der Waals surface area contributed by atoms with Crippen LogP contribution in [0.1, 0.15) is 108 Å². The molecule has 374 valence electrons. The van der Waals surface area contributed by atoms with Crippen molar-refractivity contribution in [2.75, 3.05) is 49.4 Å². The van der Waals surface area contributed by atoms with Gasteiger partial charge < -0.3 is 32.0 Å². The Kier molecular flexibility index (Phi) is 26.5. The van der Waals surface area contributed by atoms with E-state index in [4.69, 9.17) is 20.1 Å². The van der Waals surface area contributed by atoms with Crippen LogP contribution in [0.25, 0.3) is 10.4 Å². The van der Waals surface area contributed by atoms with Crippen LogP contribution in [0.2, 0.25) is 0 Å². The molecule has 1 saturated heterocycles. The van der Waals surface area contributed by atoms with Crippen molar-refractivity contribution in [3.05, 3.63) is 82.1 Å². The molecule has 0 bridgehead atoms. The SMILES string of the molecule is C1CCOC1.COC(=O)C1CCC(Nc2ccc(C(F)(F)F)cn2)CC1.OCC1CCC(Nc2ccc(C(F)(F)F)cn2)CC1.[AlH3].[H-].[Li+].[N-]=[N+]=NCC1CCC(Nc2ccc(C(F)(F)F)cn2)CC1. The maximum absolute atomic E-state index is 12.4. The number of halogens is 9. The number of alkyl halides is 9. The first-order chi connectivity index (χ1) is 31.4. The van der Waals surface area contributed by atoms with E-state index >= 15 is 0 Å². The number of azide groups is 1. The molecular weight excluding hydrogens is 923 g/mol. The fraction of sp³-hybridized carbons (Fsp3) is 0.636. The molecule has 0 spiro atoms. The zero-order valence-corrected chi connectivity index (χ0v) is 37.6. The van der Waals surface area contributed by atoms with Gasteiger partial charge in [0.2, 0.25) is 0 Å². The third kappa shape index (κ3) is 21.8. The molecule has 0 unspecified atom stereocenters. The molecule has 4 aliphatic rings. The summed E-state index contributed by atoms with van der Waals surface area (Å²) in [5.74, 6) is 1.85. The maximum Gasteiger partial charge on any atom is 1.00 e. The average Bonchev–Trinajstić information content (AvgIpc) is 3.90. The number of methoxy groups -OCH3 is 1. The maximum atomic E-state index is 12.4. The Morgan fingerprint density at radius 3 is 1.29 bits per heavy atom. The number of aliphatic hydroxyl groups is 1. The third-order valence-corrected chi connectivity index (χ3v) is 11.8. The topological polar surface area (TPSA) is 179 Å². The van der Waals surface area contributed by atoms with Gasteiger partial charge in [-0.2, -0.15) is 39.5 Å². The largest absolute Gasteiger partial charge is 1.00 e. The number of aliphatic hydroxyl groups excluding tert-OH is 1. The van der Waals surface area contributed by atoms with E-state index in [0.29, 0.717) is 48.7 Å². The monoisotopic (exact) mass is 985 g/mol. The van der Waals surface area contributed by atoms with E-state index < -0.39 is 35.2 Å². The van der Waals surface area contributed by atoms with Crippen molar-refractivity contribution in [2.24, 2.45) is 22.9 Å². The molecule has 4 heterocycles. The van der Waals surface area contributed by atoms with Crippen molar-refractivity contribution >= 4 is 40.8 Å². The quantitative estimate of drug-likeness (QED) is 0.0399. The number of aromatic nitrogens is 3. The first-order valence-corrected chi connectivity index (χ1v) is 22.0. The first-order valence-electron chi connectivity index (χ1n) is 22.0. The van der Waals surface area contributed by atoms with E-state index in [0.717, 1.165) is 114 Å². The van der Waals surface area contributed by atoms with Crippen molar-refractivity contribution < 1.29 is 79.2 Å². The number of nitrogens with one attached hydrogen (secondary N) is 3. The molecule has 3 aromatic rings. The van der Waals surface area contributed by atoms with Crippen LogP contribution in [0.4, 0.5) is 57.0 Å². The van der Waals surface area contributed by atoms with E-state index in [1.165, 1.54) is 38.2 Å². The van der Waals surface area contributed by atoms with E-state index in [-0.39, 0.29) is 74.3 Å². The van der Waals surface area contributed by atoms with Gasteiger partial charge >= 0.3 is 43.4 Å². The fourth-order valence-electron chi connectivity index (χ4n) is 7.85. The van der Waals surface area contributed by atoms with Gasteiger partial charge in [0.25, 0.3) is 0 Å². The van der Waals surface area contributed by atoms with Gasteiger partial charge in [-0.1, -0.05) is 5.11 Å². The number of hydrogen-bond donors (Lipinski definition) is 4. The molecule has 4 fully saturated rings. The van der Waals surface area contributed by atoms with Gasteiger partial charge in [-0.3, -0.25) is 4.79 Å². The van der Waals surface area contributed by atoms with E-state index in [1.807, 2.05) is 0 Å². The first kappa shape index (κ1) is 60.2. The van der Waals surface area contributed by atoms with Gasteiger partial charge in [-0.05, 0) is 144 Å². The van der Waals surface area contributed by atoms with Gasteiger partial charge in [-0.15, -0.1) is 0 Å². The molecule has 13 nitrogen and oxygen atoms in total. The second kappa shape index (κ2) is 29.9. The van der Waals surface area contributed by atoms with Crippen LogP contribution in [0.5, 0.6) is 0 Å². The van der Waals surface area contributed by atoms with Gasteiger partial charge in [0.05, 0.1) is 29.7 Å². The molecule has 1 aliphatic heterocycles. The summed E-state index contributed by atoms with van der Waals surface area (Å²) in [4.78, 5) is 25.5. The summed E-state index contributed by atoms with van der Waals surface area (Å²) in [5, 5.41) is 22.0. The molecule has 0 amide bonds. The Balaban J connectivity index is 0.000000481. The molecule has 24 heteroatoms. The standard InChI is InChI=1S/C14H17F3N2O2.C13H16F3N5.C13H17F3N2O.C4H8O.Al.Li.4H/c1-21-13(20)9-2-5-11(6-3-9)19-12-7-4-10(8-18-12)14(15,16)17;14-13(15,16)10-3-6-12(18-8-10)20-11-4-1-9(2-5-11)7-19-21-17;14-13(15,16)10-3-6-12(17-7-10)18-11-4-1-9(8-19)2-5-11;1-2-4-5-3-1;;;;;;/h4,7-9,11H,2-3,5-6H2,1H3,(H,18,19);3,6,8-9,11H,1-2,4-5,7H2,(H,18,20);3,6-7,9,11,19H,1-2,4-5,8H2,(H,17,18);1-4H2;;;;;;/q;;;;;+1;;;;-1. The van der Waals surface area contributed by atoms with Crippen LogP contribution in [-0.4, -0.2) is 95.0 Å². The summed E-state index contributed by atoms with van der Waals surface area (Å²) >= 11 is 0. The molecule has 0 aromatic carbocycles. The van der Waals surface area contributed by atoms with Crippen molar-refractivity contribution in [1.29, 1.82) is 0 Å². The van der Waals surface area contributed by atoms with E-state index in [9.17, 15) is 44.3 Å². The molecule has 68 heavy (non-hydrogen) atoms. The fourth-order valence-corrected chi connectivity index (χ4v) is 7.85. The Labute approximate surface area is 414 Å². The number of hydrogen-bond acceptors (Lipinski definition) is 11. The number of rotatable bonds is 10. The van der Waals surface area contributed by atoms with Crippen LogP contribution in [0.15, 0.2) is 60.1 Å². The molecule has 4 N–H and O–H groups in total. The summed E-state index contributed by atoms with van der Waals surface area (Å²) in [6.45, 7) is 2.73. The Hall–Kier alpha value is -3.95. The molecular formula is C44H62AlF9LiN9O4. The van der Waals surface area contributed by atoms with Crippen LogP contribution in [0, 0.1) is 17.8 Å². The second-order valence-electron chi connectivity index (χ2n) is 16.6. The van der Waals surface area contributed by atoms with Gasteiger partial charge in [0.1, 0.15) is 17.5 Å². The number of nitrogens with zero attached hydrogens (tertiary/aromatic N) is 6. The summed E-state index contributed by atoms with van der Waals surface area (Å²) < 4.78 is 121. The van der Waals surface area contributed by atoms with Gasteiger partial charge in [-0.25, -0.2) is 15.0 Å². The molecule has 0 radical (unpaired) electrons. The molecule has 3 saturated carbocycles. The Morgan fingerprint density at radius 2 is 1.03 bits per heavy atom. The van der Waals surface area contributed by atoms with Crippen molar-refractivity contribution in [3.63, 3.8) is 0 Å². The Morgan fingerprint density at radius 1 is 0.676 bits per heavy atom. The molecule has 3 aromatic heterocycles. The van der Waals surface area contributed by atoms with E-state index in [2.05, 4.69) is 40.9 Å². The summed E-state index contributed by atoms with van der Waals surface area (Å²) in [6.07, 6.45) is 2.34. The minimum atomic E-state index is -4.37. The molecule has 3 aliphatic carbocycles. The number of anilines is 3. The van der Waals surface area contributed by atoms with Crippen LogP contribution in [0.3, 0.4) is 0 Å². The number of esters is 1. The zero-order valence-electron chi connectivity index (χ0n) is 38.6. The number of carbonyl (C=O) groups excluding carboxylic acids is 1. The van der Waals surface area contributed by atoms with Crippen molar-refractivity contribution in [2.45, 2.75) is 127 Å². The smallest absolute Gasteiger partial charge is 1.00 e. The summed E-state index contributed by atoms with van der Waals surface area (Å²) in [7, 11) is 1.37. The van der Waals surface area contributed by atoms with Crippen LogP contribution in [-0.2, 0) is 32.8 Å². The summed E-state index contributed by atoms with van der Waals surface area (Å²) in [6, 6.07) is 7.68. The van der Waals surface area contributed by atoms with Crippen molar-refractivity contribution in [3.8, 4) is 0 Å². The Bertz CT molecular complexity index is 1900. The minimum Gasteiger partial charge on any atom is -1.00 e. The molecule has 0 atom stereocenters. The third-order valence-electron chi connectivity index (χ3n) is 11.8. The normalized spacial score (nSPS) is 22.5. The zero-order chi connectivity index (χ0) is 48.2. The molecule has 7 rings (SSSR count). The minimum absolute atomic E-state index is 0. The second-order valence-corrected chi connectivity index (χ2v) is 16.6. The van der Waals surface area contributed by atoms with Crippen LogP contribution >= 0.6 is 0 Å². The number of carbonyl (C=O) groups is 1. The van der Waals surface area contributed by atoms with E-state index in [1.54, 1.807) is 0 Å². The van der Waals surface area contributed by atoms with Gasteiger partial charge in [0.15, 0.2) is 17.4 Å². The predicted octanol–water partition coefficient (Wildman–Crippen LogP) is 7.42. The predicted molar refractivity (Wildman–Crippen MR) is 240 cm³/mol. The van der Waals surface area contributed by atoms with Crippen LogP contribution < -0.4 is 34.8 Å². The van der Waals surface area contributed by atoms with Crippen molar-refractivity contribution in [1.82, 2.24) is 15.0 Å². The summed E-state index contributed by atoms with van der Waals surface area (Å²) in [5.41, 5.74) is 6.04. The number of pyridine rings is 3. The number of ether oxygens (including phenoxy) is 2. The van der Waals surface area contributed by atoms with Gasteiger partial charge in [0, 0.05) is 68.0 Å². The average molecular weight is 986 g/mol.